The van der Waals surface area contributed by atoms with Crippen LogP contribution in [0, 0.1) is 0 Å². The topological polar surface area (TPSA) is 12.9 Å². The van der Waals surface area contributed by atoms with Crippen molar-refractivity contribution in [1.29, 1.82) is 0 Å². The van der Waals surface area contributed by atoms with Crippen LogP contribution in [0.2, 0.25) is 0 Å². The maximum absolute atomic E-state index is 13.3. The SMILES string of the molecule is FC(F)(F)c1ccccc1-c1ccnc(-c2ccccc2C2CC2)c1. The minimum atomic E-state index is -4.38. The second kappa shape index (κ2) is 6.03. The fraction of sp³-hybridized carbons (Fsp3) is 0.190. The Bertz CT molecular complexity index is 911. The average Bonchev–Trinajstić information content (AvgIpc) is 3.46. The Labute approximate surface area is 144 Å². The molecule has 1 fully saturated rings. The summed E-state index contributed by atoms with van der Waals surface area (Å²) in [5.41, 5.74) is 3.05. The fourth-order valence-corrected chi connectivity index (χ4v) is 3.21. The Morgan fingerprint density at radius 2 is 1.52 bits per heavy atom. The molecule has 25 heavy (non-hydrogen) atoms. The normalized spacial score (nSPS) is 14.5. The van der Waals surface area contributed by atoms with Gasteiger partial charge in [0.05, 0.1) is 11.3 Å². The van der Waals surface area contributed by atoms with Crippen LogP contribution in [0.15, 0.2) is 66.9 Å². The van der Waals surface area contributed by atoms with E-state index < -0.39 is 11.7 Å². The number of alkyl halides is 3. The Balaban J connectivity index is 1.82. The summed E-state index contributed by atoms with van der Waals surface area (Å²) in [5, 5.41) is 0. The van der Waals surface area contributed by atoms with Crippen LogP contribution in [0.5, 0.6) is 0 Å². The molecule has 0 bridgehead atoms. The Kier molecular flexibility index (Phi) is 3.83. The third kappa shape index (κ3) is 3.16. The quantitative estimate of drug-likeness (QED) is 0.545. The van der Waals surface area contributed by atoms with E-state index in [-0.39, 0.29) is 5.56 Å². The minimum absolute atomic E-state index is 0.183. The zero-order valence-corrected chi connectivity index (χ0v) is 13.4. The summed E-state index contributed by atoms with van der Waals surface area (Å²) < 4.78 is 40.0. The van der Waals surface area contributed by atoms with E-state index in [1.165, 1.54) is 17.7 Å². The van der Waals surface area contributed by atoms with Gasteiger partial charge in [0.2, 0.25) is 0 Å². The molecule has 0 radical (unpaired) electrons. The fourth-order valence-electron chi connectivity index (χ4n) is 3.21. The number of hydrogen-bond acceptors (Lipinski definition) is 1. The van der Waals surface area contributed by atoms with Crippen LogP contribution in [-0.2, 0) is 6.18 Å². The molecule has 4 rings (SSSR count). The van der Waals surface area contributed by atoms with Gasteiger partial charge < -0.3 is 0 Å². The third-order valence-electron chi connectivity index (χ3n) is 4.56. The van der Waals surface area contributed by atoms with Gasteiger partial charge in [0.15, 0.2) is 0 Å². The number of pyridine rings is 1. The van der Waals surface area contributed by atoms with Crippen LogP contribution in [0.3, 0.4) is 0 Å². The van der Waals surface area contributed by atoms with Crippen molar-refractivity contribution in [2.24, 2.45) is 0 Å². The van der Waals surface area contributed by atoms with Crippen LogP contribution < -0.4 is 0 Å². The van der Waals surface area contributed by atoms with Crippen molar-refractivity contribution >= 4 is 0 Å². The lowest BCUT2D eigenvalue weighted by atomic mass is 9.96. The number of rotatable bonds is 3. The van der Waals surface area contributed by atoms with E-state index in [0.717, 1.165) is 30.2 Å². The monoisotopic (exact) mass is 339 g/mol. The summed E-state index contributed by atoms with van der Waals surface area (Å²) in [7, 11) is 0. The molecule has 4 heteroatoms. The van der Waals surface area contributed by atoms with E-state index in [1.54, 1.807) is 24.4 Å². The Morgan fingerprint density at radius 3 is 2.24 bits per heavy atom. The van der Waals surface area contributed by atoms with Gasteiger partial charge in [0.1, 0.15) is 0 Å². The highest BCUT2D eigenvalue weighted by molar-refractivity contribution is 5.74. The summed E-state index contributed by atoms with van der Waals surface area (Å²) in [6.07, 6.45) is -0.478. The average molecular weight is 339 g/mol. The van der Waals surface area contributed by atoms with E-state index in [4.69, 9.17) is 0 Å². The zero-order valence-electron chi connectivity index (χ0n) is 13.4. The molecule has 0 saturated heterocycles. The molecule has 0 spiro atoms. The van der Waals surface area contributed by atoms with Gasteiger partial charge >= 0.3 is 6.18 Å². The summed E-state index contributed by atoms with van der Waals surface area (Å²) in [5.74, 6) is 0.545. The highest BCUT2D eigenvalue weighted by Gasteiger charge is 2.33. The van der Waals surface area contributed by atoms with Crippen molar-refractivity contribution in [2.75, 3.05) is 0 Å². The first-order valence-corrected chi connectivity index (χ1v) is 8.26. The highest BCUT2D eigenvalue weighted by atomic mass is 19.4. The molecule has 1 aromatic heterocycles. The maximum Gasteiger partial charge on any atom is 0.417 e. The molecular formula is C21H16F3N. The van der Waals surface area contributed by atoms with Crippen molar-refractivity contribution in [2.45, 2.75) is 24.9 Å². The lowest BCUT2D eigenvalue weighted by Gasteiger charge is -2.14. The van der Waals surface area contributed by atoms with Crippen LogP contribution in [0.1, 0.15) is 29.9 Å². The van der Waals surface area contributed by atoms with Gasteiger partial charge in [-0.1, -0.05) is 42.5 Å². The largest absolute Gasteiger partial charge is 0.417 e. The molecule has 3 aromatic rings. The smallest absolute Gasteiger partial charge is 0.256 e. The van der Waals surface area contributed by atoms with E-state index in [0.29, 0.717) is 11.5 Å². The lowest BCUT2D eigenvalue weighted by Crippen LogP contribution is -2.06. The molecule has 0 aliphatic heterocycles. The van der Waals surface area contributed by atoms with E-state index in [9.17, 15) is 13.2 Å². The molecule has 1 saturated carbocycles. The first-order valence-electron chi connectivity index (χ1n) is 8.26. The number of nitrogens with zero attached hydrogens (tertiary/aromatic N) is 1. The first kappa shape index (κ1) is 15.9. The summed E-state index contributed by atoms with van der Waals surface area (Å²) in [4.78, 5) is 4.42. The summed E-state index contributed by atoms with van der Waals surface area (Å²) >= 11 is 0. The third-order valence-corrected chi connectivity index (χ3v) is 4.56. The van der Waals surface area contributed by atoms with Gasteiger partial charge in [-0.05, 0) is 53.6 Å². The molecule has 0 atom stereocenters. The molecule has 1 nitrogen and oxygen atoms in total. The van der Waals surface area contributed by atoms with E-state index >= 15 is 0 Å². The molecule has 0 N–H and O–H groups in total. The van der Waals surface area contributed by atoms with E-state index in [1.807, 2.05) is 18.2 Å². The zero-order chi connectivity index (χ0) is 17.4. The Hall–Kier alpha value is -2.62. The van der Waals surface area contributed by atoms with Crippen LogP contribution in [-0.4, -0.2) is 4.98 Å². The molecule has 1 aliphatic rings. The second-order valence-corrected chi connectivity index (χ2v) is 6.33. The van der Waals surface area contributed by atoms with Crippen molar-refractivity contribution in [3.05, 3.63) is 78.0 Å². The van der Waals surface area contributed by atoms with Crippen molar-refractivity contribution in [3.63, 3.8) is 0 Å². The van der Waals surface area contributed by atoms with Gasteiger partial charge in [0.25, 0.3) is 0 Å². The van der Waals surface area contributed by atoms with Crippen LogP contribution >= 0.6 is 0 Å². The van der Waals surface area contributed by atoms with Gasteiger partial charge in [0, 0.05) is 11.8 Å². The van der Waals surface area contributed by atoms with E-state index in [2.05, 4.69) is 11.1 Å². The summed E-state index contributed by atoms with van der Waals surface area (Å²) in [6.45, 7) is 0. The number of benzene rings is 2. The first-order chi connectivity index (χ1) is 12.0. The molecule has 0 unspecified atom stereocenters. The predicted octanol–water partition coefficient (Wildman–Crippen LogP) is 6.31. The van der Waals surface area contributed by atoms with Crippen molar-refractivity contribution in [3.8, 4) is 22.4 Å². The number of aromatic nitrogens is 1. The Morgan fingerprint density at radius 1 is 0.840 bits per heavy atom. The standard InChI is InChI=1S/C21H16F3N/c22-21(23,24)19-8-4-3-6-17(19)15-11-12-25-20(13-15)18-7-2-1-5-16(18)14-9-10-14/h1-8,11-14H,9-10H2. The van der Waals surface area contributed by atoms with Crippen molar-refractivity contribution < 1.29 is 13.2 Å². The second-order valence-electron chi connectivity index (χ2n) is 6.33. The molecule has 1 aliphatic carbocycles. The maximum atomic E-state index is 13.3. The minimum Gasteiger partial charge on any atom is -0.256 e. The molecule has 126 valence electrons. The predicted molar refractivity (Wildman–Crippen MR) is 92.1 cm³/mol. The lowest BCUT2D eigenvalue weighted by molar-refractivity contribution is -0.137. The van der Waals surface area contributed by atoms with Gasteiger partial charge in [-0.2, -0.15) is 13.2 Å². The van der Waals surface area contributed by atoms with Gasteiger partial charge in [-0.15, -0.1) is 0 Å². The molecule has 0 amide bonds. The summed E-state index contributed by atoms with van der Waals surface area (Å²) in [6, 6.07) is 17.1. The van der Waals surface area contributed by atoms with Gasteiger partial charge in [-0.25, -0.2) is 0 Å². The molecule has 2 aromatic carbocycles. The number of halogens is 3. The van der Waals surface area contributed by atoms with Crippen molar-refractivity contribution in [1.82, 2.24) is 4.98 Å². The number of hydrogen-bond donors (Lipinski definition) is 0. The highest BCUT2D eigenvalue weighted by Crippen LogP contribution is 2.44. The van der Waals surface area contributed by atoms with Crippen LogP contribution in [0.25, 0.3) is 22.4 Å². The van der Waals surface area contributed by atoms with Crippen LogP contribution in [0.4, 0.5) is 13.2 Å². The molecular weight excluding hydrogens is 323 g/mol. The van der Waals surface area contributed by atoms with Gasteiger partial charge in [-0.3, -0.25) is 4.98 Å². The molecule has 1 heterocycles.